The van der Waals surface area contributed by atoms with Crippen molar-refractivity contribution in [3.63, 3.8) is 0 Å². The molecule has 0 radical (unpaired) electrons. The SMILES string of the molecule is C=CC(=C)CC[C@@]1(C)[C@H](C)C[C@@H](O)[C@@]23C(=C[C@@H](OC(=O)/C=C/C=C\CCCCC)C[C@@H]12)[C@H](OC(C)=O)O[C@H]3OC(C)=O. The number of esters is 3. The topological polar surface area (TPSA) is 108 Å². The van der Waals surface area contributed by atoms with Crippen LogP contribution in [0, 0.1) is 22.7 Å². The van der Waals surface area contributed by atoms with Crippen LogP contribution in [0.25, 0.3) is 0 Å². The largest absolute Gasteiger partial charge is 0.455 e. The molecule has 0 aromatic carbocycles. The van der Waals surface area contributed by atoms with Gasteiger partial charge in [0.15, 0.2) is 0 Å². The summed E-state index contributed by atoms with van der Waals surface area (Å²) in [6.07, 6.45) is 12.9. The van der Waals surface area contributed by atoms with E-state index in [2.05, 4.69) is 33.9 Å². The van der Waals surface area contributed by atoms with Crippen LogP contribution >= 0.6 is 0 Å². The van der Waals surface area contributed by atoms with Gasteiger partial charge in [0.2, 0.25) is 12.6 Å². The average Bonchev–Trinajstić information content (AvgIpc) is 3.21. The van der Waals surface area contributed by atoms with Crippen LogP contribution < -0.4 is 0 Å². The lowest BCUT2D eigenvalue weighted by molar-refractivity contribution is -0.254. The molecular formula is C34H48O8. The van der Waals surface area contributed by atoms with Gasteiger partial charge in [0, 0.05) is 25.5 Å². The summed E-state index contributed by atoms with van der Waals surface area (Å²) in [7, 11) is 0. The van der Waals surface area contributed by atoms with Crippen LogP contribution in [0.3, 0.4) is 0 Å². The van der Waals surface area contributed by atoms with Crippen LogP contribution in [0.15, 0.2) is 60.8 Å². The predicted molar refractivity (Wildman–Crippen MR) is 160 cm³/mol. The molecule has 1 N–H and O–H groups in total. The molecule has 8 heteroatoms. The summed E-state index contributed by atoms with van der Waals surface area (Å²) in [4.78, 5) is 37.2. The molecule has 0 unspecified atom stereocenters. The minimum absolute atomic E-state index is 0.0555. The lowest BCUT2D eigenvalue weighted by Crippen LogP contribution is -2.63. The third-order valence-corrected chi connectivity index (χ3v) is 9.39. The molecular weight excluding hydrogens is 536 g/mol. The van der Waals surface area contributed by atoms with Gasteiger partial charge in [-0.2, -0.15) is 0 Å². The highest BCUT2D eigenvalue weighted by atomic mass is 16.8. The molecule has 0 bridgehead atoms. The van der Waals surface area contributed by atoms with Gasteiger partial charge in [0.05, 0.1) is 11.5 Å². The number of allylic oxidation sites excluding steroid dienone is 5. The van der Waals surface area contributed by atoms with Gasteiger partial charge in [-0.15, -0.1) is 0 Å². The van der Waals surface area contributed by atoms with Crippen molar-refractivity contribution in [2.45, 2.75) is 111 Å². The highest BCUT2D eigenvalue weighted by Gasteiger charge is 2.71. The average molecular weight is 585 g/mol. The maximum atomic E-state index is 12.9. The number of aliphatic hydroxyl groups is 1. The quantitative estimate of drug-likeness (QED) is 0.0675. The van der Waals surface area contributed by atoms with Crippen LogP contribution in [-0.4, -0.2) is 47.8 Å². The van der Waals surface area contributed by atoms with Gasteiger partial charge < -0.3 is 19.3 Å². The smallest absolute Gasteiger partial charge is 0.331 e. The Morgan fingerprint density at radius 2 is 1.83 bits per heavy atom. The first-order valence-electron chi connectivity index (χ1n) is 15.1. The summed E-state index contributed by atoms with van der Waals surface area (Å²) in [5.41, 5.74) is -0.254. The van der Waals surface area contributed by atoms with Crippen molar-refractivity contribution in [1.29, 1.82) is 0 Å². The lowest BCUT2D eigenvalue weighted by atomic mass is 9.45. The van der Waals surface area contributed by atoms with Crippen LogP contribution in [0.2, 0.25) is 0 Å². The number of rotatable bonds is 13. The number of unbranched alkanes of at least 4 members (excludes halogenated alkanes) is 3. The van der Waals surface area contributed by atoms with E-state index in [4.69, 9.17) is 18.9 Å². The normalized spacial score (nSPS) is 33.9. The molecule has 2 fully saturated rings. The fourth-order valence-electron chi connectivity index (χ4n) is 7.02. The van der Waals surface area contributed by atoms with Crippen molar-refractivity contribution < 1.29 is 38.4 Å². The molecule has 1 aliphatic heterocycles. The summed E-state index contributed by atoms with van der Waals surface area (Å²) in [5.74, 6) is -1.97. The molecule has 42 heavy (non-hydrogen) atoms. The lowest BCUT2D eigenvalue weighted by Gasteiger charge is -2.60. The maximum absolute atomic E-state index is 12.9. The van der Waals surface area contributed by atoms with Crippen LogP contribution in [-0.2, 0) is 33.3 Å². The van der Waals surface area contributed by atoms with Gasteiger partial charge in [-0.1, -0.05) is 76.6 Å². The fourth-order valence-corrected chi connectivity index (χ4v) is 7.02. The van der Waals surface area contributed by atoms with E-state index in [1.54, 1.807) is 18.2 Å². The number of aliphatic hydroxyl groups excluding tert-OH is 1. The van der Waals surface area contributed by atoms with Crippen molar-refractivity contribution in [3.05, 3.63) is 60.8 Å². The summed E-state index contributed by atoms with van der Waals surface area (Å²) in [5, 5.41) is 11.8. The Morgan fingerprint density at radius 3 is 2.48 bits per heavy atom. The highest BCUT2D eigenvalue weighted by molar-refractivity contribution is 5.82. The molecule has 3 aliphatic rings. The van der Waals surface area contributed by atoms with Crippen molar-refractivity contribution in [2.75, 3.05) is 0 Å². The zero-order chi connectivity index (χ0) is 31.1. The molecule has 1 heterocycles. The number of carbonyl (C=O) groups excluding carboxylic acids is 3. The number of carbonyl (C=O) groups is 3. The first-order valence-corrected chi connectivity index (χ1v) is 15.1. The second kappa shape index (κ2) is 14.5. The molecule has 0 amide bonds. The Balaban J connectivity index is 2.03. The van der Waals surface area contributed by atoms with E-state index >= 15 is 0 Å². The molecule has 1 saturated heterocycles. The zero-order valence-electron chi connectivity index (χ0n) is 25.8. The third-order valence-electron chi connectivity index (χ3n) is 9.39. The van der Waals surface area contributed by atoms with Gasteiger partial charge in [-0.25, -0.2) is 4.79 Å². The van der Waals surface area contributed by atoms with E-state index in [-0.39, 0.29) is 11.8 Å². The Hall–Kier alpha value is -2.97. The standard InChI is InChI=1S/C34H48O8/c1-8-10-11-12-13-14-15-16-30(38)41-26-20-27-31(39-24(5)35)42-32(40-25(6)36)34(27)28(21-26)33(7,18-17-22(3)9-2)23(4)19-29(34)37/h9,13-16,20,23,26,28-29,31-32,37H,2-3,8,10-12,17-19,21H2,1,4-7H3/b14-13-,16-15+/t23-,26-,28+,29-,31-,32-,33+,34-/m1/s1. The van der Waals surface area contributed by atoms with Gasteiger partial charge >= 0.3 is 17.9 Å². The van der Waals surface area contributed by atoms with Crippen molar-refractivity contribution in [1.82, 2.24) is 0 Å². The molecule has 232 valence electrons. The fraction of sp³-hybridized carbons (Fsp3) is 0.618. The van der Waals surface area contributed by atoms with Crippen LogP contribution in [0.4, 0.5) is 0 Å². The molecule has 2 aliphatic carbocycles. The summed E-state index contributed by atoms with van der Waals surface area (Å²) < 4.78 is 23.3. The highest BCUT2D eigenvalue weighted by Crippen LogP contribution is 2.67. The summed E-state index contributed by atoms with van der Waals surface area (Å²) in [6.45, 7) is 16.9. The number of ether oxygens (including phenoxy) is 4. The minimum atomic E-state index is -1.20. The Morgan fingerprint density at radius 1 is 1.12 bits per heavy atom. The van der Waals surface area contributed by atoms with Gasteiger partial charge in [0.1, 0.15) is 6.10 Å². The van der Waals surface area contributed by atoms with Crippen LogP contribution in [0.1, 0.15) is 86.0 Å². The molecule has 0 aromatic heterocycles. The third kappa shape index (κ3) is 7.14. The summed E-state index contributed by atoms with van der Waals surface area (Å²) in [6, 6.07) is 0. The van der Waals surface area contributed by atoms with E-state index in [0.717, 1.165) is 24.8 Å². The maximum Gasteiger partial charge on any atom is 0.331 e. The first kappa shape index (κ1) is 33.5. The summed E-state index contributed by atoms with van der Waals surface area (Å²) >= 11 is 0. The molecule has 3 rings (SSSR count). The molecule has 1 spiro atoms. The van der Waals surface area contributed by atoms with Crippen LogP contribution in [0.5, 0.6) is 0 Å². The van der Waals surface area contributed by atoms with E-state index < -0.39 is 53.5 Å². The van der Waals surface area contributed by atoms with Gasteiger partial charge in [-0.05, 0) is 61.9 Å². The Labute approximate surface area is 250 Å². The number of hydrogen-bond donors (Lipinski definition) is 1. The number of hydrogen-bond acceptors (Lipinski definition) is 8. The van der Waals surface area contributed by atoms with Crippen molar-refractivity contribution >= 4 is 17.9 Å². The van der Waals surface area contributed by atoms with E-state index in [9.17, 15) is 19.5 Å². The van der Waals surface area contributed by atoms with E-state index in [1.165, 1.54) is 26.3 Å². The van der Waals surface area contributed by atoms with Crippen molar-refractivity contribution in [3.8, 4) is 0 Å². The van der Waals surface area contributed by atoms with Gasteiger partial charge in [-0.3, -0.25) is 14.3 Å². The predicted octanol–water partition coefficient (Wildman–Crippen LogP) is 6.26. The Kier molecular flexibility index (Phi) is 11.6. The van der Waals surface area contributed by atoms with Gasteiger partial charge in [0.25, 0.3) is 0 Å². The van der Waals surface area contributed by atoms with E-state index in [0.29, 0.717) is 31.3 Å². The monoisotopic (exact) mass is 584 g/mol. The minimum Gasteiger partial charge on any atom is -0.455 e. The molecule has 0 aromatic rings. The second-order valence-corrected chi connectivity index (χ2v) is 12.1. The molecule has 1 saturated carbocycles. The zero-order valence-corrected chi connectivity index (χ0v) is 25.8. The first-order chi connectivity index (χ1) is 19.9. The van der Waals surface area contributed by atoms with E-state index in [1.807, 2.05) is 12.2 Å². The molecule has 8 nitrogen and oxygen atoms in total. The Bertz CT molecular complexity index is 1120. The molecule has 8 atom stereocenters. The second-order valence-electron chi connectivity index (χ2n) is 12.1. The van der Waals surface area contributed by atoms with Crippen molar-refractivity contribution in [2.24, 2.45) is 22.7 Å².